The minimum Gasteiger partial charge on any atom is -0.324 e. The van der Waals surface area contributed by atoms with Crippen LogP contribution in [0, 0.1) is 12.3 Å². The molecular formula is C10H8BrNO. The monoisotopic (exact) mass is 237 g/mol. The van der Waals surface area contributed by atoms with Crippen LogP contribution in [0.1, 0.15) is 5.56 Å². The summed E-state index contributed by atoms with van der Waals surface area (Å²) >= 11 is 3.06. The SMILES string of the molecule is C#Cc1ccccc1NC(=O)CBr. The second-order valence-electron chi connectivity index (χ2n) is 2.37. The highest BCUT2D eigenvalue weighted by Crippen LogP contribution is 2.13. The van der Waals surface area contributed by atoms with Gasteiger partial charge in [-0.05, 0) is 12.1 Å². The van der Waals surface area contributed by atoms with E-state index in [-0.39, 0.29) is 11.2 Å². The summed E-state index contributed by atoms with van der Waals surface area (Å²) in [5, 5.41) is 2.95. The van der Waals surface area contributed by atoms with Gasteiger partial charge in [-0.25, -0.2) is 0 Å². The molecule has 0 saturated carbocycles. The van der Waals surface area contributed by atoms with Crippen molar-refractivity contribution in [2.75, 3.05) is 10.6 Å². The highest BCUT2D eigenvalue weighted by molar-refractivity contribution is 9.09. The van der Waals surface area contributed by atoms with E-state index in [0.29, 0.717) is 11.3 Å². The number of alkyl halides is 1. The quantitative estimate of drug-likeness (QED) is 0.619. The molecule has 1 aromatic rings. The van der Waals surface area contributed by atoms with Crippen LogP contribution in [-0.4, -0.2) is 11.2 Å². The van der Waals surface area contributed by atoms with E-state index in [0.717, 1.165) is 0 Å². The van der Waals surface area contributed by atoms with Crippen LogP contribution in [0.15, 0.2) is 24.3 Å². The number of amides is 1. The lowest BCUT2D eigenvalue weighted by molar-refractivity contribution is -0.113. The van der Waals surface area contributed by atoms with E-state index in [1.165, 1.54) is 0 Å². The van der Waals surface area contributed by atoms with Crippen LogP contribution in [0.25, 0.3) is 0 Å². The molecule has 0 atom stereocenters. The second kappa shape index (κ2) is 4.68. The fourth-order valence-corrected chi connectivity index (χ4v) is 1.04. The normalized spacial score (nSPS) is 8.92. The summed E-state index contributed by atoms with van der Waals surface area (Å²) in [5.74, 6) is 2.39. The summed E-state index contributed by atoms with van der Waals surface area (Å²) < 4.78 is 0. The third-order valence-electron chi connectivity index (χ3n) is 1.48. The van der Waals surface area contributed by atoms with E-state index >= 15 is 0 Å². The Morgan fingerprint density at radius 1 is 1.54 bits per heavy atom. The van der Waals surface area contributed by atoms with Crippen molar-refractivity contribution in [3.05, 3.63) is 29.8 Å². The molecule has 1 aromatic carbocycles. The van der Waals surface area contributed by atoms with Gasteiger partial charge in [-0.2, -0.15) is 0 Å². The topological polar surface area (TPSA) is 29.1 Å². The molecule has 0 aliphatic carbocycles. The maximum Gasteiger partial charge on any atom is 0.235 e. The van der Waals surface area contributed by atoms with Crippen molar-refractivity contribution in [2.24, 2.45) is 0 Å². The Morgan fingerprint density at radius 2 is 2.23 bits per heavy atom. The Morgan fingerprint density at radius 3 is 2.85 bits per heavy atom. The average Bonchev–Trinajstić information content (AvgIpc) is 2.18. The van der Waals surface area contributed by atoms with E-state index in [1.54, 1.807) is 12.1 Å². The summed E-state index contributed by atoms with van der Waals surface area (Å²) in [6.07, 6.45) is 5.25. The number of rotatable bonds is 2. The average molecular weight is 238 g/mol. The number of halogens is 1. The van der Waals surface area contributed by atoms with Crippen molar-refractivity contribution < 1.29 is 4.79 Å². The number of carbonyl (C=O) groups is 1. The van der Waals surface area contributed by atoms with Crippen molar-refractivity contribution >= 4 is 27.5 Å². The minimum absolute atomic E-state index is 0.109. The van der Waals surface area contributed by atoms with Crippen molar-refractivity contribution in [2.45, 2.75) is 0 Å². The Balaban J connectivity index is 2.89. The molecule has 0 fully saturated rings. The fourth-order valence-electron chi connectivity index (χ4n) is 0.902. The number of nitrogens with one attached hydrogen (secondary N) is 1. The summed E-state index contributed by atoms with van der Waals surface area (Å²) in [6.45, 7) is 0. The standard InChI is InChI=1S/C10H8BrNO/c1-2-8-5-3-4-6-9(8)12-10(13)7-11/h1,3-6H,7H2,(H,12,13). The number of carbonyl (C=O) groups excluding carboxylic acids is 1. The third-order valence-corrected chi connectivity index (χ3v) is 1.99. The largest absolute Gasteiger partial charge is 0.324 e. The Labute approximate surface area is 85.5 Å². The zero-order valence-electron chi connectivity index (χ0n) is 6.88. The van der Waals surface area contributed by atoms with Gasteiger partial charge in [0.25, 0.3) is 0 Å². The molecule has 0 saturated heterocycles. The van der Waals surface area contributed by atoms with Gasteiger partial charge < -0.3 is 5.32 Å². The van der Waals surface area contributed by atoms with Gasteiger partial charge in [-0.15, -0.1) is 6.42 Å². The molecule has 1 N–H and O–H groups in total. The van der Waals surface area contributed by atoms with Gasteiger partial charge in [-0.3, -0.25) is 4.79 Å². The number of benzene rings is 1. The van der Waals surface area contributed by atoms with E-state index < -0.39 is 0 Å². The molecule has 0 radical (unpaired) electrons. The Hall–Kier alpha value is -1.27. The van der Waals surface area contributed by atoms with E-state index in [2.05, 4.69) is 27.2 Å². The molecular weight excluding hydrogens is 230 g/mol. The summed E-state index contributed by atoms with van der Waals surface area (Å²) in [6, 6.07) is 7.21. The molecule has 0 heterocycles. The Kier molecular flexibility index (Phi) is 3.53. The first-order chi connectivity index (χ1) is 6.27. The van der Waals surface area contributed by atoms with Crippen LogP contribution < -0.4 is 5.32 Å². The number of hydrogen-bond acceptors (Lipinski definition) is 1. The zero-order chi connectivity index (χ0) is 9.68. The summed E-state index contributed by atoms with van der Waals surface area (Å²) in [7, 11) is 0. The lowest BCUT2D eigenvalue weighted by atomic mass is 10.2. The van der Waals surface area contributed by atoms with Crippen LogP contribution in [0.5, 0.6) is 0 Å². The molecule has 66 valence electrons. The number of anilines is 1. The molecule has 0 spiro atoms. The maximum atomic E-state index is 11.0. The van der Waals surface area contributed by atoms with Gasteiger partial charge in [0.1, 0.15) is 0 Å². The first kappa shape index (κ1) is 9.82. The predicted molar refractivity (Wildman–Crippen MR) is 56.8 cm³/mol. The molecule has 3 heteroatoms. The molecule has 0 bridgehead atoms. The highest BCUT2D eigenvalue weighted by Gasteiger charge is 2.02. The molecule has 1 rings (SSSR count). The van der Waals surface area contributed by atoms with E-state index in [4.69, 9.17) is 6.42 Å². The van der Waals surface area contributed by atoms with E-state index in [1.807, 2.05) is 12.1 Å². The lowest BCUT2D eigenvalue weighted by Crippen LogP contribution is -2.13. The first-order valence-electron chi connectivity index (χ1n) is 3.69. The maximum absolute atomic E-state index is 11.0. The van der Waals surface area contributed by atoms with Crippen molar-refractivity contribution in [3.8, 4) is 12.3 Å². The van der Waals surface area contributed by atoms with Gasteiger partial charge in [-0.1, -0.05) is 34.0 Å². The first-order valence-corrected chi connectivity index (χ1v) is 4.81. The molecule has 1 amide bonds. The smallest absolute Gasteiger partial charge is 0.235 e. The molecule has 2 nitrogen and oxygen atoms in total. The van der Waals surface area contributed by atoms with Crippen molar-refractivity contribution in [3.63, 3.8) is 0 Å². The predicted octanol–water partition coefficient (Wildman–Crippen LogP) is 2.00. The molecule has 0 aromatic heterocycles. The fraction of sp³-hybridized carbons (Fsp3) is 0.100. The number of hydrogen-bond donors (Lipinski definition) is 1. The van der Waals surface area contributed by atoms with Gasteiger partial charge in [0.05, 0.1) is 11.0 Å². The van der Waals surface area contributed by atoms with Gasteiger partial charge in [0, 0.05) is 5.56 Å². The zero-order valence-corrected chi connectivity index (χ0v) is 8.47. The lowest BCUT2D eigenvalue weighted by Gasteiger charge is -2.04. The van der Waals surface area contributed by atoms with Crippen LogP contribution >= 0.6 is 15.9 Å². The molecule has 0 aliphatic heterocycles. The summed E-state index contributed by atoms with van der Waals surface area (Å²) in [4.78, 5) is 11.0. The van der Waals surface area contributed by atoms with Crippen LogP contribution in [0.2, 0.25) is 0 Å². The van der Waals surface area contributed by atoms with E-state index in [9.17, 15) is 4.79 Å². The minimum atomic E-state index is -0.109. The summed E-state index contributed by atoms with van der Waals surface area (Å²) in [5.41, 5.74) is 1.37. The van der Waals surface area contributed by atoms with Crippen LogP contribution in [0.3, 0.4) is 0 Å². The Bertz CT molecular complexity index is 354. The second-order valence-corrected chi connectivity index (χ2v) is 2.93. The van der Waals surface area contributed by atoms with Gasteiger partial charge >= 0.3 is 0 Å². The molecule has 0 aliphatic rings. The number of terminal acetylenes is 1. The molecule has 0 unspecified atom stereocenters. The van der Waals surface area contributed by atoms with Crippen LogP contribution in [-0.2, 0) is 4.79 Å². The highest BCUT2D eigenvalue weighted by atomic mass is 79.9. The molecule has 13 heavy (non-hydrogen) atoms. The van der Waals surface area contributed by atoms with Crippen molar-refractivity contribution in [1.29, 1.82) is 0 Å². The number of para-hydroxylation sites is 1. The van der Waals surface area contributed by atoms with Gasteiger partial charge in [0.2, 0.25) is 5.91 Å². The van der Waals surface area contributed by atoms with Gasteiger partial charge in [0.15, 0.2) is 0 Å². The third kappa shape index (κ3) is 2.60. The van der Waals surface area contributed by atoms with Crippen LogP contribution in [0.4, 0.5) is 5.69 Å². The van der Waals surface area contributed by atoms with Crippen molar-refractivity contribution in [1.82, 2.24) is 0 Å².